The maximum atomic E-state index is 13.3. The summed E-state index contributed by atoms with van der Waals surface area (Å²) in [6, 6.07) is 4.01. The van der Waals surface area contributed by atoms with E-state index in [4.69, 9.17) is 4.42 Å². The molecule has 1 aromatic carbocycles. The number of fused-ring (bicyclic) bond motifs is 1. The molecule has 1 aliphatic rings. The van der Waals surface area contributed by atoms with E-state index in [9.17, 15) is 19.1 Å². The molecule has 116 valence electrons. The van der Waals surface area contributed by atoms with Gasteiger partial charge in [-0.1, -0.05) is 12.8 Å². The van der Waals surface area contributed by atoms with Crippen molar-refractivity contribution < 1.29 is 23.5 Å². The van der Waals surface area contributed by atoms with Gasteiger partial charge in [0.1, 0.15) is 16.9 Å². The van der Waals surface area contributed by atoms with E-state index in [0.29, 0.717) is 29.4 Å². The zero-order chi connectivity index (χ0) is 15.9. The van der Waals surface area contributed by atoms with E-state index in [0.717, 1.165) is 12.8 Å². The minimum Gasteiger partial charge on any atom is -0.480 e. The smallest absolute Gasteiger partial charge is 0.329 e. The summed E-state index contributed by atoms with van der Waals surface area (Å²) in [4.78, 5) is 23.9. The average Bonchev–Trinajstić information content (AvgIpc) is 3.06. The van der Waals surface area contributed by atoms with Crippen LogP contribution in [0, 0.1) is 12.7 Å². The molecular formula is C16H16FNO4. The molecular weight excluding hydrogens is 289 g/mol. The molecule has 2 aromatic rings. The van der Waals surface area contributed by atoms with Crippen LogP contribution < -0.4 is 5.32 Å². The van der Waals surface area contributed by atoms with Crippen molar-refractivity contribution in [3.63, 3.8) is 0 Å². The molecule has 1 aromatic heterocycles. The van der Waals surface area contributed by atoms with Crippen molar-refractivity contribution in [2.24, 2.45) is 0 Å². The molecule has 1 fully saturated rings. The van der Waals surface area contributed by atoms with E-state index in [1.807, 2.05) is 0 Å². The first-order valence-corrected chi connectivity index (χ1v) is 7.17. The summed E-state index contributed by atoms with van der Waals surface area (Å²) >= 11 is 0. The largest absolute Gasteiger partial charge is 0.480 e. The Bertz CT molecular complexity index is 759. The Morgan fingerprint density at radius 2 is 2.00 bits per heavy atom. The average molecular weight is 305 g/mol. The van der Waals surface area contributed by atoms with Gasteiger partial charge in [0.2, 0.25) is 0 Å². The van der Waals surface area contributed by atoms with Crippen LogP contribution in [0.5, 0.6) is 0 Å². The number of rotatable bonds is 3. The molecule has 1 aliphatic carbocycles. The number of aliphatic carboxylic acids is 1. The number of aryl methyl sites for hydroxylation is 1. The van der Waals surface area contributed by atoms with Gasteiger partial charge in [-0.2, -0.15) is 0 Å². The van der Waals surface area contributed by atoms with E-state index in [1.54, 1.807) is 6.92 Å². The summed E-state index contributed by atoms with van der Waals surface area (Å²) in [6.45, 7) is 1.66. The fourth-order valence-electron chi connectivity index (χ4n) is 3.05. The first-order chi connectivity index (χ1) is 10.4. The quantitative estimate of drug-likeness (QED) is 0.913. The van der Waals surface area contributed by atoms with Crippen molar-refractivity contribution >= 4 is 22.8 Å². The van der Waals surface area contributed by atoms with Gasteiger partial charge in [-0.25, -0.2) is 9.18 Å². The lowest BCUT2D eigenvalue weighted by molar-refractivity contribution is -0.144. The number of hydrogen-bond acceptors (Lipinski definition) is 3. The second-order valence-corrected chi connectivity index (χ2v) is 5.75. The minimum atomic E-state index is -1.23. The summed E-state index contributed by atoms with van der Waals surface area (Å²) in [5.74, 6) is -1.98. The van der Waals surface area contributed by atoms with Crippen molar-refractivity contribution in [2.75, 3.05) is 0 Å². The number of carboxylic acid groups (broad SMARTS) is 1. The number of amides is 1. The van der Waals surface area contributed by atoms with Crippen LogP contribution in [0.4, 0.5) is 4.39 Å². The van der Waals surface area contributed by atoms with Crippen molar-refractivity contribution in [3.05, 3.63) is 35.3 Å². The highest BCUT2D eigenvalue weighted by Crippen LogP contribution is 2.31. The molecule has 0 atom stereocenters. The molecule has 1 saturated carbocycles. The van der Waals surface area contributed by atoms with Gasteiger partial charge in [0.05, 0.1) is 0 Å². The van der Waals surface area contributed by atoms with Crippen LogP contribution >= 0.6 is 0 Å². The molecule has 0 radical (unpaired) electrons. The normalized spacial score (nSPS) is 16.8. The molecule has 6 heteroatoms. The number of carbonyl (C=O) groups is 2. The molecule has 2 N–H and O–H groups in total. The summed E-state index contributed by atoms with van der Waals surface area (Å²) < 4.78 is 18.8. The summed E-state index contributed by atoms with van der Waals surface area (Å²) in [5, 5.41) is 12.5. The van der Waals surface area contributed by atoms with Gasteiger partial charge < -0.3 is 14.8 Å². The number of hydrogen-bond donors (Lipinski definition) is 2. The Hall–Kier alpha value is -2.37. The van der Waals surface area contributed by atoms with E-state index in [-0.39, 0.29) is 5.76 Å². The molecule has 1 amide bonds. The number of benzene rings is 1. The fraction of sp³-hybridized carbons (Fsp3) is 0.375. The first kappa shape index (κ1) is 14.6. The Balaban J connectivity index is 1.95. The van der Waals surface area contributed by atoms with Crippen molar-refractivity contribution in [1.82, 2.24) is 5.32 Å². The summed E-state index contributed by atoms with van der Waals surface area (Å²) in [5.41, 5.74) is -0.321. The summed E-state index contributed by atoms with van der Waals surface area (Å²) in [6.07, 6.45) is 2.33. The maximum Gasteiger partial charge on any atom is 0.329 e. The van der Waals surface area contributed by atoms with Gasteiger partial charge in [-0.05, 0) is 38.0 Å². The SMILES string of the molecule is Cc1c(C(=O)NC2(C(=O)O)CCCC2)oc2ccc(F)cc12. The number of halogens is 1. The van der Waals surface area contributed by atoms with Gasteiger partial charge in [-0.15, -0.1) is 0 Å². The monoisotopic (exact) mass is 305 g/mol. The predicted octanol–water partition coefficient (Wildman–Crippen LogP) is 3.01. The van der Waals surface area contributed by atoms with Crippen molar-refractivity contribution in [1.29, 1.82) is 0 Å². The van der Waals surface area contributed by atoms with Crippen LogP contribution in [0.2, 0.25) is 0 Å². The van der Waals surface area contributed by atoms with E-state index in [2.05, 4.69) is 5.32 Å². The zero-order valence-corrected chi connectivity index (χ0v) is 12.1. The van der Waals surface area contributed by atoms with Gasteiger partial charge in [0.25, 0.3) is 5.91 Å². The highest BCUT2D eigenvalue weighted by atomic mass is 19.1. The maximum absolute atomic E-state index is 13.3. The minimum absolute atomic E-state index is 0.0353. The number of carbonyl (C=O) groups excluding carboxylic acids is 1. The molecule has 0 aliphatic heterocycles. The molecule has 0 unspecified atom stereocenters. The Kier molecular flexibility index (Phi) is 3.39. The van der Waals surface area contributed by atoms with E-state index >= 15 is 0 Å². The highest BCUT2D eigenvalue weighted by molar-refractivity contribution is 6.01. The highest BCUT2D eigenvalue weighted by Gasteiger charge is 2.43. The topological polar surface area (TPSA) is 79.5 Å². The molecule has 5 nitrogen and oxygen atoms in total. The third kappa shape index (κ3) is 2.24. The molecule has 22 heavy (non-hydrogen) atoms. The predicted molar refractivity (Wildman–Crippen MR) is 77.2 cm³/mol. The third-order valence-electron chi connectivity index (χ3n) is 4.32. The van der Waals surface area contributed by atoms with Crippen molar-refractivity contribution in [3.8, 4) is 0 Å². The lowest BCUT2D eigenvalue weighted by Gasteiger charge is -2.24. The van der Waals surface area contributed by atoms with Crippen LogP contribution in [0.25, 0.3) is 11.0 Å². The van der Waals surface area contributed by atoms with E-state index < -0.39 is 23.2 Å². The molecule has 0 saturated heterocycles. The van der Waals surface area contributed by atoms with Gasteiger partial charge >= 0.3 is 5.97 Å². The van der Waals surface area contributed by atoms with Gasteiger partial charge in [0, 0.05) is 10.9 Å². The second-order valence-electron chi connectivity index (χ2n) is 5.75. The van der Waals surface area contributed by atoms with Gasteiger partial charge in [-0.3, -0.25) is 4.79 Å². The van der Waals surface area contributed by atoms with E-state index in [1.165, 1.54) is 18.2 Å². The molecule has 1 heterocycles. The number of furan rings is 1. The van der Waals surface area contributed by atoms with Crippen molar-refractivity contribution in [2.45, 2.75) is 38.1 Å². The van der Waals surface area contributed by atoms with Gasteiger partial charge in [0.15, 0.2) is 5.76 Å². The number of nitrogens with one attached hydrogen (secondary N) is 1. The van der Waals surface area contributed by atoms with Crippen LogP contribution in [0.3, 0.4) is 0 Å². The number of carboxylic acids is 1. The zero-order valence-electron chi connectivity index (χ0n) is 12.1. The fourth-order valence-corrected chi connectivity index (χ4v) is 3.05. The van der Waals surface area contributed by atoms with Crippen LogP contribution in [-0.2, 0) is 4.79 Å². The van der Waals surface area contributed by atoms with Crippen LogP contribution in [0.1, 0.15) is 41.8 Å². The Labute approximate surface area is 126 Å². The Morgan fingerprint density at radius 3 is 2.64 bits per heavy atom. The van der Waals surface area contributed by atoms with Crippen LogP contribution in [-0.4, -0.2) is 22.5 Å². The standard InChI is InChI=1S/C16H16FNO4/c1-9-11-8-10(17)4-5-12(11)22-13(9)14(19)18-16(15(20)21)6-2-3-7-16/h4-5,8H,2-3,6-7H2,1H3,(H,18,19)(H,20,21). The van der Waals surface area contributed by atoms with Crippen LogP contribution in [0.15, 0.2) is 22.6 Å². The lowest BCUT2D eigenvalue weighted by atomic mass is 9.97. The lowest BCUT2D eigenvalue weighted by Crippen LogP contribution is -2.52. The molecule has 0 bridgehead atoms. The molecule has 3 rings (SSSR count). The molecule has 0 spiro atoms. The third-order valence-corrected chi connectivity index (χ3v) is 4.32. The first-order valence-electron chi connectivity index (χ1n) is 7.17. The Morgan fingerprint density at radius 1 is 1.32 bits per heavy atom. The second kappa shape index (κ2) is 5.12. The summed E-state index contributed by atoms with van der Waals surface area (Å²) in [7, 11) is 0.